The molecule has 2 atom stereocenters. The fourth-order valence-corrected chi connectivity index (χ4v) is 8.64. The zero-order valence-corrected chi connectivity index (χ0v) is 31.9. The number of benzene rings is 8. The molecular formula is C51H39FNOP. The van der Waals surface area contributed by atoms with Crippen LogP contribution >= 0.6 is 9.24 Å². The van der Waals surface area contributed by atoms with Crippen LogP contribution in [0.4, 0.5) is 21.5 Å². The predicted octanol–water partition coefficient (Wildman–Crippen LogP) is 13.6. The monoisotopic (exact) mass is 731 g/mol. The molecule has 8 aromatic rings. The second-order valence-corrected chi connectivity index (χ2v) is 14.4. The minimum atomic E-state index is -0.762. The molecule has 1 aliphatic carbocycles. The highest BCUT2D eigenvalue weighted by molar-refractivity contribution is 7.27. The molecule has 4 heteroatoms. The molecule has 0 aromatic heterocycles. The van der Waals surface area contributed by atoms with Crippen LogP contribution in [0.25, 0.3) is 33.4 Å². The minimum absolute atomic E-state index is 0.256. The van der Waals surface area contributed by atoms with Gasteiger partial charge in [0.25, 0.3) is 0 Å². The fraction of sp³-hybridized carbons (Fsp3) is 0.0588. The number of para-hydroxylation sites is 1. The van der Waals surface area contributed by atoms with Crippen LogP contribution in [0.2, 0.25) is 0 Å². The lowest BCUT2D eigenvalue weighted by atomic mass is 9.66. The minimum Gasteiger partial charge on any atom is -0.457 e. The third-order valence-corrected chi connectivity index (χ3v) is 11.1. The largest absolute Gasteiger partial charge is 0.457 e. The number of hydrogen-bond acceptors (Lipinski definition) is 2. The summed E-state index contributed by atoms with van der Waals surface area (Å²) in [5.74, 6) is 1.25. The molecule has 8 aromatic carbocycles. The highest BCUT2D eigenvalue weighted by atomic mass is 31.0. The Kier molecular flexibility index (Phi) is 8.89. The molecule has 1 aliphatic heterocycles. The summed E-state index contributed by atoms with van der Waals surface area (Å²) in [4.78, 5) is 2.28. The first-order chi connectivity index (χ1) is 27.1. The van der Waals surface area contributed by atoms with Crippen molar-refractivity contribution in [2.75, 3.05) is 4.90 Å². The van der Waals surface area contributed by atoms with Crippen LogP contribution in [-0.2, 0) is 5.41 Å². The average Bonchev–Trinajstić information content (AvgIpc) is 3.51. The third kappa shape index (κ3) is 5.75. The average molecular weight is 732 g/mol. The van der Waals surface area contributed by atoms with Crippen LogP contribution in [0.1, 0.15) is 36.1 Å². The summed E-state index contributed by atoms with van der Waals surface area (Å²) in [7, 11) is 2.85. The Hall–Kier alpha value is -6.28. The van der Waals surface area contributed by atoms with E-state index in [2.05, 4.69) is 154 Å². The van der Waals surface area contributed by atoms with Crippen molar-refractivity contribution >= 4 is 31.6 Å². The van der Waals surface area contributed by atoms with Crippen LogP contribution in [0.3, 0.4) is 0 Å². The van der Waals surface area contributed by atoms with Gasteiger partial charge in [0.05, 0.1) is 5.41 Å². The van der Waals surface area contributed by atoms with Gasteiger partial charge >= 0.3 is 0 Å². The Morgan fingerprint density at radius 3 is 1.55 bits per heavy atom. The van der Waals surface area contributed by atoms with Crippen LogP contribution < -0.4 is 14.9 Å². The normalized spacial score (nSPS) is 14.4. The van der Waals surface area contributed by atoms with Gasteiger partial charge in [-0.3, -0.25) is 0 Å². The van der Waals surface area contributed by atoms with Crippen molar-refractivity contribution in [3.8, 4) is 44.9 Å². The molecule has 0 saturated carbocycles. The van der Waals surface area contributed by atoms with E-state index in [9.17, 15) is 0 Å². The Morgan fingerprint density at radius 1 is 0.436 bits per heavy atom. The van der Waals surface area contributed by atoms with Gasteiger partial charge in [0.15, 0.2) is 0 Å². The summed E-state index contributed by atoms with van der Waals surface area (Å²) >= 11 is 0. The second kappa shape index (κ2) is 14.2. The second-order valence-electron chi connectivity index (χ2n) is 13.7. The molecule has 2 unspecified atom stereocenters. The molecule has 55 heavy (non-hydrogen) atoms. The summed E-state index contributed by atoms with van der Waals surface area (Å²) in [6.45, 7) is 4.00. The van der Waals surface area contributed by atoms with E-state index in [0.29, 0.717) is 0 Å². The van der Waals surface area contributed by atoms with Crippen molar-refractivity contribution in [1.29, 1.82) is 0 Å². The number of rotatable bonds is 5. The van der Waals surface area contributed by atoms with E-state index in [1.807, 2.05) is 50.2 Å². The molecule has 1 spiro atoms. The summed E-state index contributed by atoms with van der Waals surface area (Å²) in [6, 6.07) is 64.7. The molecular weight excluding hydrogens is 693 g/mol. The van der Waals surface area contributed by atoms with Crippen molar-refractivity contribution in [3.05, 3.63) is 216 Å². The highest BCUT2D eigenvalue weighted by Gasteiger charge is 2.51. The molecule has 0 amide bonds. The Labute approximate surface area is 324 Å². The lowest BCUT2D eigenvalue weighted by Gasteiger charge is -2.40. The molecule has 0 N–H and O–H groups in total. The molecule has 0 fully saturated rings. The van der Waals surface area contributed by atoms with Crippen molar-refractivity contribution in [2.24, 2.45) is 0 Å². The smallest absolute Gasteiger partial charge is 0.134 e. The number of halogens is 1. The van der Waals surface area contributed by atoms with Gasteiger partial charge in [0.1, 0.15) is 17.3 Å². The lowest BCUT2D eigenvalue weighted by molar-refractivity contribution is 0.436. The number of ether oxygens (including phenoxy) is 1. The number of nitrogens with zero attached hydrogens (tertiary/aromatic N) is 1. The summed E-state index contributed by atoms with van der Waals surface area (Å²) in [5.41, 5.74) is 13.1. The summed E-state index contributed by atoms with van der Waals surface area (Å²) < 4.78 is 22.2. The van der Waals surface area contributed by atoms with Crippen molar-refractivity contribution in [2.45, 2.75) is 19.3 Å². The van der Waals surface area contributed by atoms with Gasteiger partial charge in [0, 0.05) is 34.3 Å². The van der Waals surface area contributed by atoms with Gasteiger partial charge in [-0.15, -0.1) is 9.24 Å². The van der Waals surface area contributed by atoms with E-state index in [4.69, 9.17) is 4.74 Å². The quantitative estimate of drug-likeness (QED) is 0.163. The molecule has 10 rings (SSSR count). The first kappa shape index (κ1) is 34.5. The number of anilines is 3. The van der Waals surface area contributed by atoms with E-state index in [-0.39, 0.29) is 5.82 Å². The van der Waals surface area contributed by atoms with E-state index in [0.717, 1.165) is 78.4 Å². The standard InChI is InChI=1S/C49H33FNOP.C2H6/c50-36-19-26-41-42-27-25-40(53)31-46(42)49(45(41)29-36)43-13-7-8-14-47(43)52-48-30-39(24-28-44(48)49)51(37-20-15-34(16-21-37)32-9-3-1-4-10-32)38-22-17-35(18-23-38)33-11-5-2-6-12-33;1-2/h1-31H,53H2;1-2H3. The first-order valence-corrected chi connectivity index (χ1v) is 19.4. The van der Waals surface area contributed by atoms with Gasteiger partial charge in [-0.2, -0.15) is 0 Å². The third-order valence-electron chi connectivity index (χ3n) is 10.7. The summed E-state index contributed by atoms with van der Waals surface area (Å²) in [6.07, 6.45) is 0. The topological polar surface area (TPSA) is 12.5 Å². The first-order valence-electron chi connectivity index (χ1n) is 18.8. The highest BCUT2D eigenvalue weighted by Crippen LogP contribution is 2.62. The van der Waals surface area contributed by atoms with E-state index < -0.39 is 5.41 Å². The lowest BCUT2D eigenvalue weighted by Crippen LogP contribution is -2.32. The Morgan fingerprint density at radius 2 is 0.927 bits per heavy atom. The van der Waals surface area contributed by atoms with E-state index in [1.165, 1.54) is 11.1 Å². The molecule has 0 bridgehead atoms. The van der Waals surface area contributed by atoms with Gasteiger partial charge in [0.2, 0.25) is 0 Å². The fourth-order valence-electron chi connectivity index (χ4n) is 8.38. The SMILES string of the molecule is CC.Fc1ccc2c(c1)C1(c3ccccc3Oc3cc(N(c4ccc(-c5ccccc5)cc4)c4ccc(-c5ccccc5)cc4)ccc31)c1cc(P)ccc1-2. The molecule has 1 heterocycles. The molecule has 266 valence electrons. The maximum Gasteiger partial charge on any atom is 0.134 e. The van der Waals surface area contributed by atoms with Gasteiger partial charge in [-0.1, -0.05) is 141 Å². The molecule has 2 nitrogen and oxygen atoms in total. The molecule has 2 aliphatic rings. The van der Waals surface area contributed by atoms with Crippen molar-refractivity contribution in [3.63, 3.8) is 0 Å². The van der Waals surface area contributed by atoms with Crippen molar-refractivity contribution < 1.29 is 9.13 Å². The van der Waals surface area contributed by atoms with Crippen LogP contribution in [-0.4, -0.2) is 0 Å². The zero-order valence-electron chi connectivity index (χ0n) is 30.7. The molecule has 0 radical (unpaired) electrons. The zero-order chi connectivity index (χ0) is 37.5. The molecule has 0 saturated heterocycles. The van der Waals surface area contributed by atoms with Crippen molar-refractivity contribution in [1.82, 2.24) is 0 Å². The maximum absolute atomic E-state index is 15.3. The summed E-state index contributed by atoms with van der Waals surface area (Å²) in [5, 5.41) is 1.07. The van der Waals surface area contributed by atoms with Crippen LogP contribution in [0.5, 0.6) is 11.5 Å². The van der Waals surface area contributed by atoms with Gasteiger partial charge in [-0.05, 0) is 104 Å². The van der Waals surface area contributed by atoms with E-state index in [1.54, 1.807) is 12.1 Å². The van der Waals surface area contributed by atoms with Crippen LogP contribution in [0, 0.1) is 5.82 Å². The van der Waals surface area contributed by atoms with Gasteiger partial charge in [-0.25, -0.2) is 4.39 Å². The predicted molar refractivity (Wildman–Crippen MR) is 230 cm³/mol. The number of hydrogen-bond donors (Lipinski definition) is 0. The maximum atomic E-state index is 15.3. The van der Waals surface area contributed by atoms with Gasteiger partial charge < -0.3 is 9.64 Å². The number of fused-ring (bicyclic) bond motifs is 9. The Bertz CT molecular complexity index is 2520. The van der Waals surface area contributed by atoms with E-state index >= 15 is 4.39 Å². The van der Waals surface area contributed by atoms with Crippen LogP contribution in [0.15, 0.2) is 188 Å². The Balaban J connectivity index is 0.00000195.